The number of carbonyl (C=O) groups excluding carboxylic acids is 1. The van der Waals surface area contributed by atoms with Crippen LogP contribution in [-0.2, 0) is 9.53 Å². The number of nitrogens with zero attached hydrogens (tertiary/aromatic N) is 3. The molecule has 106 valence electrons. The highest BCUT2D eigenvalue weighted by atomic mass is 16.6. The van der Waals surface area contributed by atoms with E-state index in [4.69, 9.17) is 4.74 Å². The Morgan fingerprint density at radius 3 is 2.45 bits per heavy atom. The average molecular weight is 279 g/mol. The SMILES string of the molecule is CCOC(=O)/C(N=Nc1ccc([N+](=O)[O-])cc1)=C(/C)O. The molecule has 0 amide bonds. The minimum absolute atomic E-state index is 0.0801. The molecule has 8 heteroatoms. The number of hydrogen-bond acceptors (Lipinski definition) is 7. The molecule has 0 aliphatic rings. The van der Waals surface area contributed by atoms with Gasteiger partial charge in [-0.1, -0.05) is 0 Å². The van der Waals surface area contributed by atoms with Gasteiger partial charge in [0.25, 0.3) is 5.69 Å². The summed E-state index contributed by atoms with van der Waals surface area (Å²) >= 11 is 0. The van der Waals surface area contributed by atoms with Gasteiger partial charge in [-0.05, 0) is 26.0 Å². The second-order valence-corrected chi connectivity index (χ2v) is 3.63. The first kappa shape index (κ1) is 15.3. The van der Waals surface area contributed by atoms with Crippen molar-refractivity contribution in [3.8, 4) is 0 Å². The van der Waals surface area contributed by atoms with Gasteiger partial charge in [0.05, 0.1) is 17.2 Å². The van der Waals surface area contributed by atoms with Gasteiger partial charge in [0.2, 0.25) is 5.70 Å². The Balaban J connectivity index is 2.92. The predicted octanol–water partition coefficient (Wildman–Crippen LogP) is 3.03. The molecule has 0 bridgehead atoms. The largest absolute Gasteiger partial charge is 0.510 e. The third-order valence-electron chi connectivity index (χ3n) is 2.14. The molecule has 0 aliphatic heterocycles. The summed E-state index contributed by atoms with van der Waals surface area (Å²) in [5.41, 5.74) is -0.0905. The lowest BCUT2D eigenvalue weighted by atomic mass is 10.3. The summed E-state index contributed by atoms with van der Waals surface area (Å²) in [5.74, 6) is -1.12. The van der Waals surface area contributed by atoms with Crippen molar-refractivity contribution in [3.63, 3.8) is 0 Å². The smallest absolute Gasteiger partial charge is 0.362 e. The minimum atomic E-state index is -0.793. The molecular weight excluding hydrogens is 266 g/mol. The number of allylic oxidation sites excluding steroid dienone is 1. The van der Waals surface area contributed by atoms with Gasteiger partial charge < -0.3 is 9.84 Å². The Bertz CT molecular complexity index is 559. The average Bonchev–Trinajstić information content (AvgIpc) is 2.39. The molecule has 0 atom stereocenters. The summed E-state index contributed by atoms with van der Waals surface area (Å²) in [5, 5.41) is 27.1. The molecule has 0 spiro atoms. The van der Waals surface area contributed by atoms with Crippen molar-refractivity contribution in [2.45, 2.75) is 13.8 Å². The zero-order valence-electron chi connectivity index (χ0n) is 10.9. The first-order valence-electron chi connectivity index (χ1n) is 5.68. The maximum absolute atomic E-state index is 11.5. The first-order valence-corrected chi connectivity index (χ1v) is 5.68. The molecule has 0 unspecified atom stereocenters. The van der Waals surface area contributed by atoms with Crippen LogP contribution in [-0.4, -0.2) is 22.6 Å². The Kier molecular flexibility index (Phi) is 5.33. The van der Waals surface area contributed by atoms with Crippen LogP contribution >= 0.6 is 0 Å². The third-order valence-corrected chi connectivity index (χ3v) is 2.14. The van der Waals surface area contributed by atoms with E-state index in [1.807, 2.05) is 0 Å². The van der Waals surface area contributed by atoms with Gasteiger partial charge in [0.1, 0.15) is 5.76 Å². The topological polar surface area (TPSA) is 114 Å². The molecule has 0 aromatic heterocycles. The number of aliphatic hydroxyl groups is 1. The lowest BCUT2D eigenvalue weighted by Gasteiger charge is -2.01. The normalized spacial score (nSPS) is 12.1. The van der Waals surface area contributed by atoms with Crippen LogP contribution in [0.4, 0.5) is 11.4 Å². The van der Waals surface area contributed by atoms with Crippen LogP contribution in [0.2, 0.25) is 0 Å². The number of aliphatic hydroxyl groups excluding tert-OH is 1. The van der Waals surface area contributed by atoms with Gasteiger partial charge in [-0.15, -0.1) is 5.11 Å². The number of carbonyl (C=O) groups is 1. The van der Waals surface area contributed by atoms with Gasteiger partial charge in [-0.25, -0.2) is 4.79 Å². The molecule has 0 saturated heterocycles. The molecule has 8 nitrogen and oxygen atoms in total. The molecule has 1 aromatic carbocycles. The molecule has 0 radical (unpaired) electrons. The summed E-state index contributed by atoms with van der Waals surface area (Å²) in [6.07, 6.45) is 0. The van der Waals surface area contributed by atoms with Crippen molar-refractivity contribution in [2.24, 2.45) is 10.2 Å². The molecule has 1 N–H and O–H groups in total. The summed E-state index contributed by atoms with van der Waals surface area (Å²) in [6, 6.07) is 5.26. The fourth-order valence-corrected chi connectivity index (χ4v) is 1.21. The van der Waals surface area contributed by atoms with Gasteiger partial charge in [-0.2, -0.15) is 5.11 Å². The van der Waals surface area contributed by atoms with Crippen molar-refractivity contribution in [3.05, 3.63) is 45.8 Å². The number of esters is 1. The Labute approximate surface area is 114 Å². The highest BCUT2D eigenvalue weighted by Gasteiger charge is 2.13. The summed E-state index contributed by atoms with van der Waals surface area (Å²) in [7, 11) is 0. The number of ether oxygens (including phenoxy) is 1. The van der Waals surface area contributed by atoms with Crippen molar-refractivity contribution in [1.82, 2.24) is 0 Å². The van der Waals surface area contributed by atoms with Crippen molar-refractivity contribution in [1.29, 1.82) is 0 Å². The number of non-ortho nitro benzene ring substituents is 1. The first-order chi connectivity index (χ1) is 9.45. The molecule has 0 heterocycles. The van der Waals surface area contributed by atoms with Gasteiger partial charge in [-0.3, -0.25) is 10.1 Å². The Hall–Kier alpha value is -2.77. The molecular formula is C12H13N3O5. The van der Waals surface area contributed by atoms with Crippen LogP contribution in [0, 0.1) is 10.1 Å². The zero-order valence-corrected chi connectivity index (χ0v) is 10.9. The second kappa shape index (κ2) is 6.98. The lowest BCUT2D eigenvalue weighted by Crippen LogP contribution is -2.07. The minimum Gasteiger partial charge on any atom is -0.510 e. The van der Waals surface area contributed by atoms with E-state index in [2.05, 4.69) is 10.2 Å². The number of hydrogen-bond donors (Lipinski definition) is 1. The van der Waals surface area contributed by atoms with Gasteiger partial charge >= 0.3 is 5.97 Å². The maximum Gasteiger partial charge on any atom is 0.362 e. The fourth-order valence-electron chi connectivity index (χ4n) is 1.21. The lowest BCUT2D eigenvalue weighted by molar-refractivity contribution is -0.384. The molecule has 0 aliphatic carbocycles. The van der Waals surface area contributed by atoms with E-state index in [-0.39, 0.29) is 23.8 Å². The third kappa shape index (κ3) is 4.16. The van der Waals surface area contributed by atoms with E-state index < -0.39 is 10.9 Å². The highest BCUT2D eigenvalue weighted by Crippen LogP contribution is 2.19. The molecule has 1 rings (SSSR count). The molecule has 20 heavy (non-hydrogen) atoms. The monoisotopic (exact) mass is 279 g/mol. The van der Waals surface area contributed by atoms with Crippen LogP contribution in [0.5, 0.6) is 0 Å². The van der Waals surface area contributed by atoms with E-state index in [1.54, 1.807) is 6.92 Å². The Morgan fingerprint density at radius 1 is 1.40 bits per heavy atom. The number of nitro benzene ring substituents is 1. The van der Waals surface area contributed by atoms with Crippen LogP contribution in [0.3, 0.4) is 0 Å². The van der Waals surface area contributed by atoms with E-state index in [9.17, 15) is 20.0 Å². The highest BCUT2D eigenvalue weighted by molar-refractivity contribution is 5.88. The summed E-state index contributed by atoms with van der Waals surface area (Å²) in [4.78, 5) is 21.4. The molecule has 0 fully saturated rings. The van der Waals surface area contributed by atoms with Crippen LogP contribution in [0.15, 0.2) is 46.0 Å². The van der Waals surface area contributed by atoms with E-state index in [0.717, 1.165) is 0 Å². The fraction of sp³-hybridized carbons (Fsp3) is 0.250. The number of rotatable bonds is 5. The summed E-state index contributed by atoms with van der Waals surface area (Å²) in [6.45, 7) is 3.04. The standard InChI is InChI=1S/C12H13N3O5/c1-3-20-12(17)11(8(2)16)14-13-9-4-6-10(7-5-9)15(18)19/h4-7,16H,3H2,1-2H3/b11-8+,14-13?. The molecule has 0 saturated carbocycles. The number of azo groups is 1. The molecule has 1 aromatic rings. The van der Waals surface area contributed by atoms with Crippen LogP contribution in [0.25, 0.3) is 0 Å². The summed E-state index contributed by atoms with van der Waals surface area (Å²) < 4.78 is 4.70. The van der Waals surface area contributed by atoms with Crippen LogP contribution < -0.4 is 0 Å². The van der Waals surface area contributed by atoms with E-state index in [0.29, 0.717) is 5.69 Å². The van der Waals surface area contributed by atoms with Crippen molar-refractivity contribution in [2.75, 3.05) is 6.61 Å². The quantitative estimate of drug-likeness (QED) is 0.222. The second-order valence-electron chi connectivity index (χ2n) is 3.63. The van der Waals surface area contributed by atoms with Gasteiger partial charge in [0.15, 0.2) is 0 Å². The van der Waals surface area contributed by atoms with E-state index in [1.165, 1.54) is 31.2 Å². The van der Waals surface area contributed by atoms with Crippen molar-refractivity contribution < 1.29 is 19.6 Å². The predicted molar refractivity (Wildman–Crippen MR) is 69.6 cm³/mol. The van der Waals surface area contributed by atoms with E-state index >= 15 is 0 Å². The number of nitro groups is 1. The maximum atomic E-state index is 11.5. The van der Waals surface area contributed by atoms with Crippen molar-refractivity contribution >= 4 is 17.3 Å². The van der Waals surface area contributed by atoms with Crippen LogP contribution in [0.1, 0.15) is 13.8 Å². The van der Waals surface area contributed by atoms with Gasteiger partial charge in [0, 0.05) is 12.1 Å². The Morgan fingerprint density at radius 2 is 2.00 bits per heavy atom. The number of benzene rings is 1. The zero-order chi connectivity index (χ0) is 15.1.